The molecule has 6 nitrogen and oxygen atoms in total. The highest BCUT2D eigenvalue weighted by Gasteiger charge is 2.06. The highest BCUT2D eigenvalue weighted by Crippen LogP contribution is 2.16. The molecule has 0 atom stereocenters. The molecule has 0 spiro atoms. The molecule has 0 aliphatic heterocycles. The number of nitrogens with one attached hydrogen (secondary N) is 1. The average molecular weight is 230 g/mol. The van der Waals surface area contributed by atoms with Crippen molar-refractivity contribution in [2.24, 2.45) is 5.73 Å². The first-order valence-corrected chi connectivity index (χ1v) is 5.36. The number of rotatable bonds is 4. The second-order valence-corrected chi connectivity index (χ2v) is 3.47. The lowest BCUT2D eigenvalue weighted by atomic mass is 10.2. The Morgan fingerprint density at radius 3 is 2.76 bits per heavy atom. The Hall–Kier alpha value is -2.08. The molecule has 0 aliphatic rings. The third kappa shape index (κ3) is 2.73. The summed E-state index contributed by atoms with van der Waals surface area (Å²) in [6, 6.07) is 1.81. The Morgan fingerprint density at radius 1 is 1.18 bits per heavy atom. The zero-order chi connectivity index (χ0) is 12.1. The van der Waals surface area contributed by atoms with Crippen molar-refractivity contribution in [2.45, 2.75) is 6.92 Å². The minimum Gasteiger partial charge on any atom is -0.353 e. The van der Waals surface area contributed by atoms with Gasteiger partial charge in [-0.15, -0.1) is 0 Å². The monoisotopic (exact) mass is 230 g/mol. The molecule has 0 aromatic carbocycles. The molecule has 0 amide bonds. The van der Waals surface area contributed by atoms with Gasteiger partial charge in [0.15, 0.2) is 0 Å². The largest absolute Gasteiger partial charge is 0.353 e. The lowest BCUT2D eigenvalue weighted by molar-refractivity contribution is 0.987. The number of aromatic nitrogens is 4. The molecule has 17 heavy (non-hydrogen) atoms. The number of hydrogen-bond acceptors (Lipinski definition) is 6. The van der Waals surface area contributed by atoms with E-state index in [1.807, 2.05) is 13.0 Å². The maximum atomic E-state index is 5.41. The maximum absolute atomic E-state index is 5.41. The van der Waals surface area contributed by atoms with Gasteiger partial charge in [0.05, 0.1) is 11.4 Å². The van der Waals surface area contributed by atoms with Crippen LogP contribution in [-0.2, 0) is 0 Å². The Balaban J connectivity index is 2.30. The summed E-state index contributed by atoms with van der Waals surface area (Å²) in [4.78, 5) is 16.9. The maximum Gasteiger partial charge on any atom is 0.223 e. The van der Waals surface area contributed by atoms with E-state index in [-0.39, 0.29) is 0 Å². The highest BCUT2D eigenvalue weighted by atomic mass is 15.1. The van der Waals surface area contributed by atoms with Crippen LogP contribution in [0.15, 0.2) is 24.7 Å². The molecular weight excluding hydrogens is 216 g/mol. The fraction of sp³-hybridized carbons (Fsp3) is 0.273. The van der Waals surface area contributed by atoms with Gasteiger partial charge < -0.3 is 11.1 Å². The molecule has 3 N–H and O–H groups in total. The SMILES string of the molecule is Cc1nccnc1-c1ccnc(NCCN)n1. The van der Waals surface area contributed by atoms with Gasteiger partial charge in [-0.25, -0.2) is 9.97 Å². The highest BCUT2D eigenvalue weighted by molar-refractivity contribution is 5.57. The van der Waals surface area contributed by atoms with Crippen molar-refractivity contribution in [1.82, 2.24) is 19.9 Å². The van der Waals surface area contributed by atoms with Crippen LogP contribution in [0.4, 0.5) is 5.95 Å². The lowest BCUT2D eigenvalue weighted by Gasteiger charge is -2.06. The first kappa shape index (κ1) is 11.4. The molecule has 6 heteroatoms. The van der Waals surface area contributed by atoms with E-state index in [4.69, 9.17) is 5.73 Å². The molecule has 0 radical (unpaired) electrons. The van der Waals surface area contributed by atoms with Crippen molar-refractivity contribution in [2.75, 3.05) is 18.4 Å². The number of nitrogens with two attached hydrogens (primary N) is 1. The summed E-state index contributed by atoms with van der Waals surface area (Å²) >= 11 is 0. The van der Waals surface area contributed by atoms with Gasteiger partial charge in [0.25, 0.3) is 0 Å². The second kappa shape index (κ2) is 5.31. The molecular formula is C11H14N6. The number of hydrogen-bond donors (Lipinski definition) is 2. The van der Waals surface area contributed by atoms with Crippen molar-refractivity contribution >= 4 is 5.95 Å². The molecule has 0 bridgehead atoms. The van der Waals surface area contributed by atoms with Crippen LogP contribution < -0.4 is 11.1 Å². The Morgan fingerprint density at radius 2 is 2.00 bits per heavy atom. The fourth-order valence-corrected chi connectivity index (χ4v) is 1.42. The third-order valence-corrected chi connectivity index (χ3v) is 2.21. The predicted octanol–water partition coefficient (Wildman–Crippen LogP) is 0.613. The standard InChI is InChI=1S/C11H14N6/c1-8-10(14-7-6-13-8)9-2-4-15-11(17-9)16-5-3-12/h2,4,6-7H,3,5,12H2,1H3,(H,15,16,17). The molecule has 0 aliphatic carbocycles. The Labute approximate surface area is 99.4 Å². The van der Waals surface area contributed by atoms with E-state index in [1.165, 1.54) is 0 Å². The van der Waals surface area contributed by atoms with Crippen molar-refractivity contribution in [3.05, 3.63) is 30.4 Å². The smallest absolute Gasteiger partial charge is 0.223 e. The molecule has 88 valence electrons. The van der Waals surface area contributed by atoms with Crippen LogP contribution >= 0.6 is 0 Å². The van der Waals surface area contributed by atoms with Crippen LogP contribution in [-0.4, -0.2) is 33.0 Å². The summed E-state index contributed by atoms with van der Waals surface area (Å²) in [5.41, 5.74) is 7.78. The Bertz CT molecular complexity index is 499. The van der Waals surface area contributed by atoms with Gasteiger partial charge in [-0.2, -0.15) is 0 Å². The molecule has 0 unspecified atom stereocenters. The van der Waals surface area contributed by atoms with E-state index >= 15 is 0 Å². The molecule has 0 saturated heterocycles. The number of aryl methyl sites for hydroxylation is 1. The minimum absolute atomic E-state index is 0.539. The van der Waals surface area contributed by atoms with Gasteiger partial charge >= 0.3 is 0 Å². The summed E-state index contributed by atoms with van der Waals surface area (Å²) < 4.78 is 0. The van der Waals surface area contributed by atoms with E-state index in [1.54, 1.807) is 18.6 Å². The summed E-state index contributed by atoms with van der Waals surface area (Å²) in [6.07, 6.45) is 5.00. The summed E-state index contributed by atoms with van der Waals surface area (Å²) in [6.45, 7) is 3.08. The van der Waals surface area contributed by atoms with Crippen molar-refractivity contribution in [3.63, 3.8) is 0 Å². The summed E-state index contributed by atoms with van der Waals surface area (Å²) in [5.74, 6) is 0.554. The summed E-state index contributed by atoms with van der Waals surface area (Å²) in [7, 11) is 0. The zero-order valence-electron chi connectivity index (χ0n) is 9.59. The molecule has 2 aromatic rings. The first-order chi connectivity index (χ1) is 8.31. The van der Waals surface area contributed by atoms with Gasteiger partial charge in [0.2, 0.25) is 5.95 Å². The minimum atomic E-state index is 0.539. The number of nitrogens with zero attached hydrogens (tertiary/aromatic N) is 4. The van der Waals surface area contributed by atoms with Crippen LogP contribution in [0, 0.1) is 6.92 Å². The molecule has 2 heterocycles. The quantitative estimate of drug-likeness (QED) is 0.800. The van der Waals surface area contributed by atoms with Crippen LogP contribution in [0.25, 0.3) is 11.4 Å². The van der Waals surface area contributed by atoms with Crippen LogP contribution in [0.5, 0.6) is 0 Å². The fourth-order valence-electron chi connectivity index (χ4n) is 1.42. The normalized spacial score (nSPS) is 10.2. The topological polar surface area (TPSA) is 89.6 Å². The van der Waals surface area contributed by atoms with E-state index in [9.17, 15) is 0 Å². The zero-order valence-corrected chi connectivity index (χ0v) is 9.59. The van der Waals surface area contributed by atoms with Crippen LogP contribution in [0.2, 0.25) is 0 Å². The van der Waals surface area contributed by atoms with Gasteiger partial charge in [-0.05, 0) is 13.0 Å². The van der Waals surface area contributed by atoms with Gasteiger partial charge in [-0.1, -0.05) is 0 Å². The first-order valence-electron chi connectivity index (χ1n) is 5.36. The van der Waals surface area contributed by atoms with Crippen molar-refractivity contribution < 1.29 is 0 Å². The van der Waals surface area contributed by atoms with E-state index < -0.39 is 0 Å². The lowest BCUT2D eigenvalue weighted by Crippen LogP contribution is -2.14. The van der Waals surface area contributed by atoms with Crippen molar-refractivity contribution in [1.29, 1.82) is 0 Å². The van der Waals surface area contributed by atoms with E-state index in [0.717, 1.165) is 17.1 Å². The third-order valence-electron chi connectivity index (χ3n) is 2.21. The number of anilines is 1. The van der Waals surface area contributed by atoms with Crippen LogP contribution in [0.1, 0.15) is 5.69 Å². The van der Waals surface area contributed by atoms with Gasteiger partial charge in [0.1, 0.15) is 5.69 Å². The average Bonchev–Trinajstić information content (AvgIpc) is 2.37. The van der Waals surface area contributed by atoms with Crippen molar-refractivity contribution in [3.8, 4) is 11.4 Å². The summed E-state index contributed by atoms with van der Waals surface area (Å²) in [5, 5.41) is 3.03. The molecule has 0 saturated carbocycles. The van der Waals surface area contributed by atoms with Crippen LogP contribution in [0.3, 0.4) is 0 Å². The molecule has 0 fully saturated rings. The Kier molecular flexibility index (Phi) is 3.56. The second-order valence-electron chi connectivity index (χ2n) is 3.47. The predicted molar refractivity (Wildman–Crippen MR) is 65.3 cm³/mol. The molecule has 2 aromatic heterocycles. The van der Waals surface area contributed by atoms with Gasteiger partial charge in [-0.3, -0.25) is 9.97 Å². The molecule has 2 rings (SSSR count). The van der Waals surface area contributed by atoms with E-state index in [2.05, 4.69) is 25.3 Å². The van der Waals surface area contributed by atoms with E-state index in [0.29, 0.717) is 19.0 Å². The van der Waals surface area contributed by atoms with Gasteiger partial charge in [0, 0.05) is 31.7 Å².